The maximum absolute atomic E-state index is 12.1. The Balaban J connectivity index is 1.74. The Labute approximate surface area is 142 Å². The van der Waals surface area contributed by atoms with Gasteiger partial charge in [0.05, 0.1) is 13.3 Å². The minimum Gasteiger partial charge on any atom is -0.507 e. The smallest absolute Gasteiger partial charge is 0.287 e. The van der Waals surface area contributed by atoms with Gasteiger partial charge in [0.15, 0.2) is 0 Å². The molecular weight excluding hydrogens is 330 g/mol. The number of hydrogen-bond donors (Lipinski definition) is 3. The number of ether oxygens (including phenoxy) is 1. The van der Waals surface area contributed by atoms with Crippen LogP contribution in [-0.4, -0.2) is 29.3 Å². The van der Waals surface area contributed by atoms with Crippen molar-refractivity contribution in [3.8, 4) is 11.5 Å². The normalized spacial score (nSPS) is 11.1. The van der Waals surface area contributed by atoms with E-state index in [0.717, 1.165) is 10.9 Å². The fourth-order valence-electron chi connectivity index (χ4n) is 2.21. The number of aromatic hydroxyl groups is 1. The molecule has 0 radical (unpaired) electrons. The Hall–Kier alpha value is -2.99. The second-order valence-corrected chi connectivity index (χ2v) is 5.47. The SMILES string of the molecule is COc1ccc(O)c(/C=N/NC(=O)c2cc3cc(Cl)ccc3[nH]2)c1. The molecule has 2 aromatic carbocycles. The van der Waals surface area contributed by atoms with Crippen molar-refractivity contribution in [2.75, 3.05) is 7.11 Å². The largest absolute Gasteiger partial charge is 0.507 e. The molecule has 1 aromatic heterocycles. The first-order valence-corrected chi connectivity index (χ1v) is 7.43. The summed E-state index contributed by atoms with van der Waals surface area (Å²) in [6.45, 7) is 0. The van der Waals surface area contributed by atoms with Crippen molar-refractivity contribution in [3.63, 3.8) is 0 Å². The average Bonchev–Trinajstić information content (AvgIpc) is 2.99. The fourth-order valence-corrected chi connectivity index (χ4v) is 2.39. The molecule has 1 amide bonds. The van der Waals surface area contributed by atoms with Gasteiger partial charge < -0.3 is 14.8 Å². The molecule has 0 atom stereocenters. The molecule has 0 spiro atoms. The standard InChI is InChI=1S/C17H14ClN3O3/c1-24-13-3-5-16(22)11(7-13)9-19-21-17(23)15-8-10-6-12(18)2-4-14(10)20-15/h2-9,20,22H,1H3,(H,21,23)/b19-9+. The van der Waals surface area contributed by atoms with Gasteiger partial charge in [-0.1, -0.05) is 11.6 Å². The van der Waals surface area contributed by atoms with E-state index in [1.54, 1.807) is 36.4 Å². The van der Waals surface area contributed by atoms with Crippen molar-refractivity contribution in [2.45, 2.75) is 0 Å². The quantitative estimate of drug-likeness (QED) is 0.502. The number of nitrogens with zero attached hydrogens (tertiary/aromatic N) is 1. The second kappa shape index (κ2) is 6.64. The lowest BCUT2D eigenvalue weighted by Crippen LogP contribution is -2.17. The van der Waals surface area contributed by atoms with Gasteiger partial charge in [-0.3, -0.25) is 4.79 Å². The van der Waals surface area contributed by atoms with Crippen LogP contribution in [0.4, 0.5) is 0 Å². The number of aromatic nitrogens is 1. The number of amides is 1. The second-order valence-electron chi connectivity index (χ2n) is 5.04. The summed E-state index contributed by atoms with van der Waals surface area (Å²) in [6, 6.07) is 11.7. The summed E-state index contributed by atoms with van der Waals surface area (Å²) in [5, 5.41) is 15.0. The molecule has 0 aliphatic carbocycles. The number of carbonyl (C=O) groups excluding carboxylic acids is 1. The topological polar surface area (TPSA) is 86.7 Å². The van der Waals surface area contributed by atoms with Gasteiger partial charge in [-0.05, 0) is 42.5 Å². The summed E-state index contributed by atoms with van der Waals surface area (Å²) in [5.74, 6) is 0.211. The molecular formula is C17H14ClN3O3. The van der Waals surface area contributed by atoms with Crippen LogP contribution in [0.25, 0.3) is 10.9 Å². The monoisotopic (exact) mass is 343 g/mol. The summed E-state index contributed by atoms with van der Waals surface area (Å²) in [5.41, 5.74) is 4.00. The van der Waals surface area contributed by atoms with E-state index in [9.17, 15) is 9.90 Å². The molecule has 3 N–H and O–H groups in total. The highest BCUT2D eigenvalue weighted by Gasteiger charge is 2.09. The van der Waals surface area contributed by atoms with Gasteiger partial charge in [0.2, 0.25) is 0 Å². The number of phenols is 1. The van der Waals surface area contributed by atoms with Crippen molar-refractivity contribution >= 4 is 34.6 Å². The third-order valence-electron chi connectivity index (χ3n) is 3.43. The number of halogens is 1. The van der Waals surface area contributed by atoms with Crippen LogP contribution in [0.15, 0.2) is 47.6 Å². The lowest BCUT2D eigenvalue weighted by Gasteiger charge is -2.03. The molecule has 24 heavy (non-hydrogen) atoms. The van der Waals surface area contributed by atoms with E-state index >= 15 is 0 Å². The predicted molar refractivity (Wildman–Crippen MR) is 93.0 cm³/mol. The maximum Gasteiger partial charge on any atom is 0.287 e. The first kappa shape index (κ1) is 15.9. The van der Waals surface area contributed by atoms with Crippen molar-refractivity contribution in [1.82, 2.24) is 10.4 Å². The predicted octanol–water partition coefficient (Wildman–Crippen LogP) is 3.30. The van der Waals surface area contributed by atoms with E-state index in [0.29, 0.717) is 22.0 Å². The van der Waals surface area contributed by atoms with E-state index in [2.05, 4.69) is 15.5 Å². The van der Waals surface area contributed by atoms with Crippen LogP contribution in [-0.2, 0) is 0 Å². The Morgan fingerprint density at radius 2 is 2.12 bits per heavy atom. The first-order chi connectivity index (χ1) is 11.6. The van der Waals surface area contributed by atoms with Crippen LogP contribution in [0.3, 0.4) is 0 Å². The highest BCUT2D eigenvalue weighted by Crippen LogP contribution is 2.21. The molecule has 0 aliphatic heterocycles. The molecule has 0 unspecified atom stereocenters. The number of carbonyl (C=O) groups is 1. The lowest BCUT2D eigenvalue weighted by atomic mass is 10.2. The molecule has 0 saturated carbocycles. The van der Waals surface area contributed by atoms with E-state index in [1.165, 1.54) is 19.4 Å². The molecule has 3 rings (SSSR count). The van der Waals surface area contributed by atoms with Crippen molar-refractivity contribution in [2.24, 2.45) is 5.10 Å². The van der Waals surface area contributed by atoms with Gasteiger partial charge in [0.1, 0.15) is 17.2 Å². The van der Waals surface area contributed by atoms with Crippen molar-refractivity contribution in [3.05, 3.63) is 58.7 Å². The minimum atomic E-state index is -0.402. The summed E-state index contributed by atoms with van der Waals surface area (Å²) >= 11 is 5.93. The zero-order valence-electron chi connectivity index (χ0n) is 12.7. The molecule has 0 aliphatic rings. The number of methoxy groups -OCH3 is 1. The molecule has 0 bridgehead atoms. The highest BCUT2D eigenvalue weighted by atomic mass is 35.5. The number of nitrogens with one attached hydrogen (secondary N) is 2. The van der Waals surface area contributed by atoms with Crippen LogP contribution < -0.4 is 10.2 Å². The molecule has 3 aromatic rings. The number of benzene rings is 2. The van der Waals surface area contributed by atoms with Gasteiger partial charge >= 0.3 is 0 Å². The lowest BCUT2D eigenvalue weighted by molar-refractivity contribution is 0.0951. The Morgan fingerprint density at radius 3 is 2.92 bits per heavy atom. The summed E-state index contributed by atoms with van der Waals surface area (Å²) in [6.07, 6.45) is 1.34. The van der Waals surface area contributed by atoms with Crippen molar-refractivity contribution < 1.29 is 14.6 Å². The van der Waals surface area contributed by atoms with E-state index in [-0.39, 0.29) is 5.75 Å². The zero-order chi connectivity index (χ0) is 17.1. The summed E-state index contributed by atoms with van der Waals surface area (Å²) < 4.78 is 5.07. The van der Waals surface area contributed by atoms with Gasteiger partial charge in [-0.15, -0.1) is 0 Å². The number of phenolic OH excluding ortho intramolecular Hbond substituents is 1. The number of rotatable bonds is 4. The van der Waals surface area contributed by atoms with Crippen LogP contribution in [0.5, 0.6) is 11.5 Å². The number of hydrazone groups is 1. The van der Waals surface area contributed by atoms with Crippen LogP contribution in [0.1, 0.15) is 16.1 Å². The zero-order valence-corrected chi connectivity index (χ0v) is 13.5. The average molecular weight is 344 g/mol. The molecule has 0 saturated heterocycles. The molecule has 1 heterocycles. The maximum atomic E-state index is 12.1. The van der Waals surface area contributed by atoms with Crippen LogP contribution in [0.2, 0.25) is 5.02 Å². The van der Waals surface area contributed by atoms with Gasteiger partial charge in [-0.2, -0.15) is 5.10 Å². The minimum absolute atomic E-state index is 0.0362. The van der Waals surface area contributed by atoms with Crippen LogP contribution in [0, 0.1) is 0 Å². The fraction of sp³-hybridized carbons (Fsp3) is 0.0588. The molecule has 6 nitrogen and oxygen atoms in total. The number of fused-ring (bicyclic) bond motifs is 1. The third kappa shape index (κ3) is 3.33. The van der Waals surface area contributed by atoms with Gasteiger partial charge in [-0.25, -0.2) is 5.43 Å². The van der Waals surface area contributed by atoms with Crippen molar-refractivity contribution in [1.29, 1.82) is 0 Å². The molecule has 0 fully saturated rings. The molecule has 122 valence electrons. The summed E-state index contributed by atoms with van der Waals surface area (Å²) in [4.78, 5) is 15.1. The number of hydrogen-bond acceptors (Lipinski definition) is 4. The summed E-state index contributed by atoms with van der Waals surface area (Å²) in [7, 11) is 1.53. The van der Waals surface area contributed by atoms with Crippen LogP contribution >= 0.6 is 11.6 Å². The van der Waals surface area contributed by atoms with Gasteiger partial charge in [0, 0.05) is 21.5 Å². The molecule has 7 heteroatoms. The Bertz CT molecular complexity index is 934. The Morgan fingerprint density at radius 1 is 1.29 bits per heavy atom. The first-order valence-electron chi connectivity index (χ1n) is 7.05. The Kier molecular flexibility index (Phi) is 4.39. The number of H-pyrrole nitrogens is 1. The van der Waals surface area contributed by atoms with E-state index < -0.39 is 5.91 Å². The van der Waals surface area contributed by atoms with E-state index in [4.69, 9.17) is 16.3 Å². The highest BCUT2D eigenvalue weighted by molar-refractivity contribution is 6.31. The van der Waals surface area contributed by atoms with E-state index in [1.807, 2.05) is 0 Å². The van der Waals surface area contributed by atoms with Gasteiger partial charge in [0.25, 0.3) is 5.91 Å². The number of aromatic amines is 1. The third-order valence-corrected chi connectivity index (χ3v) is 3.67.